The average Bonchev–Trinajstić information content (AvgIpc) is 3.30. The van der Waals surface area contributed by atoms with E-state index in [4.69, 9.17) is 0 Å². The number of amides is 1. The summed E-state index contributed by atoms with van der Waals surface area (Å²) < 4.78 is 41.6. The predicted molar refractivity (Wildman–Crippen MR) is 116 cm³/mol. The van der Waals surface area contributed by atoms with Gasteiger partial charge in [0.05, 0.1) is 22.4 Å². The molecular weight excluding hydrogens is 457 g/mol. The lowest BCUT2D eigenvalue weighted by molar-refractivity contribution is -0.138. The van der Waals surface area contributed by atoms with E-state index in [9.17, 15) is 28.5 Å². The van der Waals surface area contributed by atoms with E-state index in [-0.39, 0.29) is 28.7 Å². The van der Waals surface area contributed by atoms with E-state index in [1.54, 1.807) is 6.07 Å². The number of aromatic nitrogens is 1. The van der Waals surface area contributed by atoms with Crippen LogP contribution in [-0.4, -0.2) is 16.6 Å². The van der Waals surface area contributed by atoms with Crippen LogP contribution in [0.15, 0.2) is 5.03 Å². The summed E-state index contributed by atoms with van der Waals surface area (Å²) in [6.07, 6.45) is -0.624. The first-order valence-electron chi connectivity index (χ1n) is 10.2. The number of fused-ring (bicyclic) bond motifs is 2. The number of hydrogen-bond acceptors (Lipinski definition) is 6. The standard InChI is InChI=1S/C22H19F3N4OS2/c1-11-5-6-16-13(7-11)19(22(23,24)25)15(9-27)20(28-16)31-10-18(30)29-21-14(8-26)12-3-2-4-17(12)32-21/h11H,2-7,10H2,1H3,(H,29,30)/t11-/m1/s1. The lowest BCUT2D eigenvalue weighted by atomic mass is 9.84. The molecule has 0 saturated carbocycles. The van der Waals surface area contributed by atoms with Crippen LogP contribution in [0.25, 0.3) is 0 Å². The molecule has 0 fully saturated rings. The lowest BCUT2D eigenvalue weighted by Gasteiger charge is -2.26. The van der Waals surface area contributed by atoms with E-state index in [2.05, 4.69) is 16.4 Å². The molecule has 1 atom stereocenters. The molecule has 10 heteroatoms. The lowest BCUT2D eigenvalue weighted by Crippen LogP contribution is -2.22. The maximum Gasteiger partial charge on any atom is 0.418 e. The van der Waals surface area contributed by atoms with Crippen molar-refractivity contribution in [3.8, 4) is 12.1 Å². The zero-order chi connectivity index (χ0) is 23.0. The summed E-state index contributed by atoms with van der Waals surface area (Å²) >= 11 is 2.20. The first-order chi connectivity index (χ1) is 15.2. The van der Waals surface area contributed by atoms with Gasteiger partial charge < -0.3 is 5.32 Å². The highest BCUT2D eigenvalue weighted by Gasteiger charge is 2.40. The van der Waals surface area contributed by atoms with Crippen molar-refractivity contribution in [3.05, 3.63) is 38.4 Å². The van der Waals surface area contributed by atoms with Gasteiger partial charge in [0.1, 0.15) is 22.2 Å². The van der Waals surface area contributed by atoms with Gasteiger partial charge in [-0.15, -0.1) is 11.3 Å². The van der Waals surface area contributed by atoms with Crippen LogP contribution in [0, 0.1) is 28.6 Å². The number of rotatable bonds is 4. The normalized spacial score (nSPS) is 17.2. The number of hydrogen-bond donors (Lipinski definition) is 1. The van der Waals surface area contributed by atoms with Gasteiger partial charge in [-0.3, -0.25) is 4.79 Å². The van der Waals surface area contributed by atoms with Gasteiger partial charge in [0, 0.05) is 10.6 Å². The third-order valence-corrected chi connectivity index (χ3v) is 7.98. The Morgan fingerprint density at radius 1 is 1.22 bits per heavy atom. The first kappa shape index (κ1) is 22.6. The summed E-state index contributed by atoms with van der Waals surface area (Å²) in [7, 11) is 0. The Bertz CT molecular complexity index is 1170. The molecule has 166 valence electrons. The molecule has 0 spiro atoms. The Balaban J connectivity index is 1.58. The highest BCUT2D eigenvalue weighted by Crippen LogP contribution is 2.42. The second-order valence-electron chi connectivity index (χ2n) is 8.06. The van der Waals surface area contributed by atoms with E-state index in [1.165, 1.54) is 11.3 Å². The minimum atomic E-state index is -4.67. The summed E-state index contributed by atoms with van der Waals surface area (Å²) in [4.78, 5) is 18.0. The number of nitrogens with one attached hydrogen (secondary N) is 1. The predicted octanol–water partition coefficient (Wildman–Crippen LogP) is 5.25. The highest BCUT2D eigenvalue weighted by molar-refractivity contribution is 8.00. The Kier molecular flexibility index (Phi) is 6.19. The van der Waals surface area contributed by atoms with Crippen molar-refractivity contribution in [1.82, 2.24) is 4.98 Å². The molecular formula is C22H19F3N4OS2. The van der Waals surface area contributed by atoms with Gasteiger partial charge in [-0.2, -0.15) is 23.7 Å². The quantitative estimate of drug-likeness (QED) is 0.609. The van der Waals surface area contributed by atoms with Gasteiger partial charge in [-0.25, -0.2) is 4.98 Å². The Morgan fingerprint density at radius 2 is 1.97 bits per heavy atom. The average molecular weight is 477 g/mol. The van der Waals surface area contributed by atoms with E-state index in [0.717, 1.165) is 47.9 Å². The number of carbonyl (C=O) groups excluding carboxylic acids is 1. The molecule has 0 aromatic carbocycles. The fourth-order valence-electron chi connectivity index (χ4n) is 4.34. The van der Waals surface area contributed by atoms with Crippen LogP contribution >= 0.6 is 23.1 Å². The molecule has 2 aromatic heterocycles. The van der Waals surface area contributed by atoms with Crippen molar-refractivity contribution in [3.63, 3.8) is 0 Å². The minimum Gasteiger partial charge on any atom is -0.316 e. The van der Waals surface area contributed by atoms with Crippen molar-refractivity contribution in [2.45, 2.75) is 56.7 Å². The van der Waals surface area contributed by atoms with Crippen LogP contribution < -0.4 is 5.32 Å². The van der Waals surface area contributed by atoms with Gasteiger partial charge in [0.2, 0.25) is 5.91 Å². The summed E-state index contributed by atoms with van der Waals surface area (Å²) in [5, 5.41) is 22.1. The molecule has 1 amide bonds. The number of thiophene rings is 1. The third kappa shape index (κ3) is 4.22. The molecule has 0 unspecified atom stereocenters. The van der Waals surface area contributed by atoms with Crippen LogP contribution in [0.2, 0.25) is 0 Å². The minimum absolute atomic E-state index is 0.0718. The summed E-state index contributed by atoms with van der Waals surface area (Å²) in [6, 6.07) is 3.82. The third-order valence-electron chi connectivity index (χ3n) is 5.80. The van der Waals surface area contributed by atoms with Crippen LogP contribution in [0.3, 0.4) is 0 Å². The maximum absolute atomic E-state index is 13.9. The van der Waals surface area contributed by atoms with Crippen LogP contribution in [0.4, 0.5) is 18.2 Å². The fraction of sp³-hybridized carbons (Fsp3) is 0.455. The van der Waals surface area contributed by atoms with Gasteiger partial charge in [0.25, 0.3) is 0 Å². The second-order valence-corrected chi connectivity index (χ2v) is 10.1. The molecule has 1 N–H and O–H groups in total. The molecule has 2 heterocycles. The molecule has 2 aromatic rings. The molecule has 2 aliphatic carbocycles. The first-order valence-corrected chi connectivity index (χ1v) is 12.0. The number of nitriles is 2. The second kappa shape index (κ2) is 8.76. The molecule has 0 bridgehead atoms. The molecule has 0 aliphatic heterocycles. The van der Waals surface area contributed by atoms with Gasteiger partial charge >= 0.3 is 6.18 Å². The molecule has 4 rings (SSSR count). The van der Waals surface area contributed by atoms with Crippen molar-refractivity contribution >= 4 is 34.0 Å². The SMILES string of the molecule is C[C@@H]1CCc2nc(SCC(=O)Nc3sc4c(c3C#N)CCC4)c(C#N)c(C(F)(F)F)c2C1. The van der Waals surface area contributed by atoms with E-state index in [1.807, 2.05) is 6.92 Å². The van der Waals surface area contributed by atoms with Gasteiger partial charge in [-0.05, 0) is 55.6 Å². The number of aryl methyl sites for hydroxylation is 2. The van der Waals surface area contributed by atoms with E-state index >= 15 is 0 Å². The Morgan fingerprint density at radius 3 is 2.66 bits per heavy atom. The van der Waals surface area contributed by atoms with Crippen molar-refractivity contribution < 1.29 is 18.0 Å². The van der Waals surface area contributed by atoms with E-state index < -0.39 is 23.2 Å². The Hall–Kier alpha value is -2.56. The summed E-state index contributed by atoms with van der Waals surface area (Å²) in [5.41, 5.74) is 0.482. The molecule has 5 nitrogen and oxygen atoms in total. The topological polar surface area (TPSA) is 89.6 Å². The smallest absolute Gasteiger partial charge is 0.316 e. The zero-order valence-corrected chi connectivity index (χ0v) is 18.9. The van der Waals surface area contributed by atoms with Crippen LogP contribution in [-0.2, 0) is 36.7 Å². The number of carbonyl (C=O) groups is 1. The van der Waals surface area contributed by atoms with Gasteiger partial charge in [0.15, 0.2) is 0 Å². The molecule has 2 aliphatic rings. The number of nitrogens with zero attached hydrogens (tertiary/aromatic N) is 3. The largest absolute Gasteiger partial charge is 0.418 e. The Labute approximate surface area is 191 Å². The monoisotopic (exact) mass is 476 g/mol. The van der Waals surface area contributed by atoms with E-state index in [0.29, 0.717) is 22.7 Å². The number of anilines is 1. The summed E-state index contributed by atoms with van der Waals surface area (Å²) in [6.45, 7) is 1.89. The number of alkyl halides is 3. The summed E-state index contributed by atoms with van der Waals surface area (Å²) in [5.74, 6) is -0.568. The zero-order valence-electron chi connectivity index (χ0n) is 17.2. The highest BCUT2D eigenvalue weighted by atomic mass is 32.2. The molecule has 0 saturated heterocycles. The van der Waals surface area contributed by atoms with Crippen LogP contribution in [0.5, 0.6) is 0 Å². The molecule has 32 heavy (non-hydrogen) atoms. The molecule has 0 radical (unpaired) electrons. The van der Waals surface area contributed by atoms with Crippen molar-refractivity contribution in [2.75, 3.05) is 11.1 Å². The fourth-order valence-corrected chi connectivity index (χ4v) is 6.40. The van der Waals surface area contributed by atoms with Crippen molar-refractivity contribution in [2.24, 2.45) is 5.92 Å². The number of pyridine rings is 1. The van der Waals surface area contributed by atoms with Gasteiger partial charge in [-0.1, -0.05) is 18.7 Å². The number of thioether (sulfide) groups is 1. The van der Waals surface area contributed by atoms with Crippen LogP contribution in [0.1, 0.15) is 58.2 Å². The maximum atomic E-state index is 13.9. The van der Waals surface area contributed by atoms with Crippen molar-refractivity contribution in [1.29, 1.82) is 10.5 Å². The number of halogens is 3.